The number of hydrogen-bond donors (Lipinski definition) is 1. The molecule has 8 nitrogen and oxygen atoms in total. The monoisotopic (exact) mass is 255 g/mol. The lowest BCUT2D eigenvalue weighted by Gasteiger charge is -2.35. The summed E-state index contributed by atoms with van der Waals surface area (Å²) in [5.41, 5.74) is 5.81. The van der Waals surface area contributed by atoms with E-state index >= 15 is 0 Å². The molecule has 100 valence electrons. The third kappa shape index (κ3) is 2.29. The number of imidazole rings is 1. The number of rotatable bonds is 3. The molecule has 0 aliphatic carbocycles. The van der Waals surface area contributed by atoms with E-state index in [1.165, 1.54) is 6.33 Å². The highest BCUT2D eigenvalue weighted by Gasteiger charge is 2.31. The fraction of sp³-hybridized carbons (Fsp3) is 0.700. The Labute approximate surface area is 104 Å². The number of morpholine rings is 1. The average molecular weight is 255 g/mol. The lowest BCUT2D eigenvalue weighted by molar-refractivity contribution is -0.388. The van der Waals surface area contributed by atoms with Crippen molar-refractivity contribution in [3.8, 4) is 0 Å². The molecule has 0 saturated carbocycles. The zero-order chi connectivity index (χ0) is 13.3. The van der Waals surface area contributed by atoms with Crippen LogP contribution in [0.1, 0.15) is 6.92 Å². The predicted molar refractivity (Wildman–Crippen MR) is 65.5 cm³/mol. The first kappa shape index (κ1) is 12.8. The molecular formula is C10H17N5O3. The molecule has 2 atom stereocenters. The van der Waals surface area contributed by atoms with Crippen LogP contribution in [0, 0.1) is 10.1 Å². The number of nitrogens with two attached hydrogens (primary N) is 1. The van der Waals surface area contributed by atoms with Crippen molar-refractivity contribution >= 4 is 11.6 Å². The van der Waals surface area contributed by atoms with Gasteiger partial charge >= 0.3 is 5.82 Å². The molecule has 0 spiro atoms. The molecule has 1 aromatic rings. The summed E-state index contributed by atoms with van der Waals surface area (Å²) in [6.45, 7) is 3.52. The zero-order valence-electron chi connectivity index (χ0n) is 10.4. The second-order valence-corrected chi connectivity index (χ2v) is 4.47. The van der Waals surface area contributed by atoms with Crippen LogP contribution in [0.15, 0.2) is 6.33 Å². The van der Waals surface area contributed by atoms with Gasteiger partial charge in [0.05, 0.1) is 12.7 Å². The van der Waals surface area contributed by atoms with Gasteiger partial charge in [-0.25, -0.2) is 0 Å². The van der Waals surface area contributed by atoms with Crippen molar-refractivity contribution in [1.82, 2.24) is 9.55 Å². The second kappa shape index (κ2) is 4.91. The van der Waals surface area contributed by atoms with Crippen LogP contribution >= 0.6 is 0 Å². The Bertz CT molecular complexity index is 445. The predicted octanol–water partition coefficient (Wildman–Crippen LogP) is -0.119. The molecule has 0 radical (unpaired) electrons. The minimum Gasteiger partial charge on any atom is -0.373 e. The minimum absolute atomic E-state index is 0.111. The number of aryl methyl sites for hydroxylation is 1. The molecule has 2 unspecified atom stereocenters. The number of hydrogen-bond acceptors (Lipinski definition) is 6. The van der Waals surface area contributed by atoms with Crippen LogP contribution in [0.25, 0.3) is 0 Å². The number of ether oxygens (including phenoxy) is 1. The smallest absolute Gasteiger partial charge is 0.373 e. The van der Waals surface area contributed by atoms with Gasteiger partial charge in [0.1, 0.15) is 0 Å². The summed E-state index contributed by atoms with van der Waals surface area (Å²) in [5.74, 6) is 0.386. The molecule has 1 fully saturated rings. The van der Waals surface area contributed by atoms with Gasteiger partial charge in [-0.2, -0.15) is 0 Å². The summed E-state index contributed by atoms with van der Waals surface area (Å²) in [5, 5.41) is 10.9. The maximum atomic E-state index is 10.9. The third-order valence-electron chi connectivity index (χ3n) is 3.04. The Morgan fingerprint density at radius 1 is 1.72 bits per heavy atom. The van der Waals surface area contributed by atoms with Crippen molar-refractivity contribution < 1.29 is 9.66 Å². The highest BCUT2D eigenvalue weighted by Crippen LogP contribution is 2.27. The van der Waals surface area contributed by atoms with Gasteiger partial charge in [0.25, 0.3) is 0 Å². The quantitative estimate of drug-likeness (QED) is 0.597. The van der Waals surface area contributed by atoms with Crippen LogP contribution in [0.3, 0.4) is 0 Å². The Hall–Kier alpha value is -1.67. The van der Waals surface area contributed by atoms with Crippen molar-refractivity contribution in [2.24, 2.45) is 12.8 Å². The Kier molecular flexibility index (Phi) is 3.48. The van der Waals surface area contributed by atoms with Crippen molar-refractivity contribution in [2.75, 3.05) is 24.6 Å². The van der Waals surface area contributed by atoms with E-state index in [1.54, 1.807) is 11.6 Å². The summed E-state index contributed by atoms with van der Waals surface area (Å²) in [6.07, 6.45) is 1.33. The molecule has 0 bridgehead atoms. The third-order valence-corrected chi connectivity index (χ3v) is 3.04. The fourth-order valence-corrected chi connectivity index (χ4v) is 2.09. The summed E-state index contributed by atoms with van der Waals surface area (Å²) in [7, 11) is 1.74. The fourth-order valence-electron chi connectivity index (χ4n) is 2.09. The summed E-state index contributed by atoms with van der Waals surface area (Å²) >= 11 is 0. The highest BCUT2D eigenvalue weighted by molar-refractivity contribution is 5.55. The van der Waals surface area contributed by atoms with E-state index < -0.39 is 4.92 Å². The number of aromatic nitrogens is 2. The first-order valence-electron chi connectivity index (χ1n) is 5.78. The van der Waals surface area contributed by atoms with Gasteiger partial charge in [0.2, 0.25) is 12.1 Å². The van der Waals surface area contributed by atoms with E-state index in [1.807, 2.05) is 11.8 Å². The topological polar surface area (TPSA) is 99.5 Å². The lowest BCUT2D eigenvalue weighted by atomic mass is 10.1. The summed E-state index contributed by atoms with van der Waals surface area (Å²) in [6, 6.07) is -0.111. The van der Waals surface area contributed by atoms with E-state index in [0.717, 1.165) is 0 Å². The van der Waals surface area contributed by atoms with Crippen LogP contribution in [-0.2, 0) is 11.8 Å². The van der Waals surface area contributed by atoms with Crippen LogP contribution in [-0.4, -0.2) is 46.3 Å². The molecule has 0 amide bonds. The van der Waals surface area contributed by atoms with E-state index in [2.05, 4.69) is 4.98 Å². The van der Waals surface area contributed by atoms with Crippen LogP contribution in [0.2, 0.25) is 0 Å². The minimum atomic E-state index is -0.467. The molecule has 1 aliphatic heterocycles. The number of nitrogens with zero attached hydrogens (tertiary/aromatic N) is 4. The molecule has 1 saturated heterocycles. The van der Waals surface area contributed by atoms with Gasteiger partial charge < -0.3 is 25.5 Å². The first-order valence-corrected chi connectivity index (χ1v) is 5.78. The summed E-state index contributed by atoms with van der Waals surface area (Å²) in [4.78, 5) is 16.2. The molecule has 1 aromatic heterocycles. The van der Waals surface area contributed by atoms with Gasteiger partial charge in [0.15, 0.2) is 0 Å². The van der Waals surface area contributed by atoms with Crippen molar-refractivity contribution in [3.63, 3.8) is 0 Å². The van der Waals surface area contributed by atoms with Crippen LogP contribution < -0.4 is 10.6 Å². The van der Waals surface area contributed by atoms with Crippen LogP contribution in [0.4, 0.5) is 11.6 Å². The largest absolute Gasteiger partial charge is 0.406 e. The van der Waals surface area contributed by atoms with E-state index in [9.17, 15) is 10.1 Å². The van der Waals surface area contributed by atoms with Gasteiger partial charge in [-0.05, 0) is 16.8 Å². The second-order valence-electron chi connectivity index (χ2n) is 4.47. The number of anilines is 1. The maximum absolute atomic E-state index is 10.9. The van der Waals surface area contributed by atoms with Gasteiger partial charge in [0, 0.05) is 26.2 Å². The van der Waals surface area contributed by atoms with E-state index in [0.29, 0.717) is 25.5 Å². The molecule has 8 heteroatoms. The highest BCUT2D eigenvalue weighted by atomic mass is 16.6. The average Bonchev–Trinajstić information content (AvgIpc) is 2.71. The van der Waals surface area contributed by atoms with Crippen molar-refractivity contribution in [2.45, 2.75) is 19.1 Å². The van der Waals surface area contributed by atoms with E-state index in [-0.39, 0.29) is 18.0 Å². The SMILES string of the molecule is CC(N)C1CN(c2c([N+](=O)[O-])ncn2C)CCO1. The number of nitro groups is 1. The molecule has 2 N–H and O–H groups in total. The maximum Gasteiger partial charge on any atom is 0.406 e. The molecular weight excluding hydrogens is 238 g/mol. The molecule has 0 aromatic carbocycles. The summed E-state index contributed by atoms with van der Waals surface area (Å²) < 4.78 is 7.20. The zero-order valence-corrected chi connectivity index (χ0v) is 10.4. The van der Waals surface area contributed by atoms with Crippen molar-refractivity contribution in [3.05, 3.63) is 16.4 Å². The normalized spacial score (nSPS) is 21.9. The lowest BCUT2D eigenvalue weighted by Crippen LogP contribution is -2.50. The molecule has 2 rings (SSSR count). The molecule has 1 aliphatic rings. The van der Waals surface area contributed by atoms with Crippen LogP contribution in [0.5, 0.6) is 0 Å². The Morgan fingerprint density at radius 3 is 3.06 bits per heavy atom. The van der Waals surface area contributed by atoms with E-state index in [4.69, 9.17) is 10.5 Å². The first-order chi connectivity index (χ1) is 8.50. The molecule has 18 heavy (non-hydrogen) atoms. The standard InChI is InChI=1S/C10H17N5O3/c1-7(11)8-5-14(3-4-18-8)10-9(15(16)17)12-6-13(10)2/h6-8H,3-5,11H2,1-2H3. The van der Waals surface area contributed by atoms with Gasteiger partial charge in [-0.1, -0.05) is 0 Å². The van der Waals surface area contributed by atoms with Crippen molar-refractivity contribution in [1.29, 1.82) is 0 Å². The molecule has 2 heterocycles. The van der Waals surface area contributed by atoms with Gasteiger partial charge in [-0.15, -0.1) is 0 Å². The van der Waals surface area contributed by atoms with Gasteiger partial charge in [-0.3, -0.25) is 4.57 Å². The Morgan fingerprint density at radius 2 is 2.44 bits per heavy atom. The Balaban J connectivity index is 2.25.